The van der Waals surface area contributed by atoms with Crippen LogP contribution in [0.5, 0.6) is 0 Å². The highest BCUT2D eigenvalue weighted by Crippen LogP contribution is 2.12. The molecule has 0 atom stereocenters. The minimum atomic E-state index is -0.519. The summed E-state index contributed by atoms with van der Waals surface area (Å²) in [7, 11) is 1.87. The molecular formula is C16H24N2O3. The molecular weight excluding hydrogens is 268 g/mol. The summed E-state index contributed by atoms with van der Waals surface area (Å²) in [6, 6.07) is 7.59. The maximum Gasteiger partial charge on any atom is 0.306 e. The highest BCUT2D eigenvalue weighted by Gasteiger charge is 2.17. The maximum atomic E-state index is 11.8. The van der Waals surface area contributed by atoms with Gasteiger partial charge in [0.05, 0.1) is 6.42 Å². The number of carbonyl (C=O) groups excluding carboxylic acids is 2. The van der Waals surface area contributed by atoms with Gasteiger partial charge in [0.1, 0.15) is 5.60 Å². The van der Waals surface area contributed by atoms with Crippen molar-refractivity contribution in [1.29, 1.82) is 0 Å². The van der Waals surface area contributed by atoms with Crippen LogP contribution in [0.2, 0.25) is 0 Å². The molecule has 0 saturated heterocycles. The molecule has 1 rings (SSSR count). The number of anilines is 1. The van der Waals surface area contributed by atoms with E-state index in [4.69, 9.17) is 4.74 Å². The van der Waals surface area contributed by atoms with Crippen LogP contribution in [-0.4, -0.2) is 24.5 Å². The van der Waals surface area contributed by atoms with E-state index in [0.29, 0.717) is 0 Å². The Morgan fingerprint density at radius 2 is 1.90 bits per heavy atom. The Balaban J connectivity index is 2.43. The Morgan fingerprint density at radius 1 is 1.19 bits per heavy atom. The van der Waals surface area contributed by atoms with E-state index in [9.17, 15) is 9.59 Å². The average Bonchev–Trinajstić information content (AvgIpc) is 2.35. The molecule has 0 unspecified atom stereocenters. The number of ether oxygens (including phenoxy) is 1. The third-order valence-corrected chi connectivity index (χ3v) is 2.57. The lowest BCUT2D eigenvalue weighted by molar-refractivity contribution is -0.155. The largest absolute Gasteiger partial charge is 0.460 e. The summed E-state index contributed by atoms with van der Waals surface area (Å²) < 4.78 is 5.16. The number of esters is 1. The van der Waals surface area contributed by atoms with Crippen molar-refractivity contribution in [3.05, 3.63) is 29.8 Å². The van der Waals surface area contributed by atoms with E-state index >= 15 is 0 Å². The summed E-state index contributed by atoms with van der Waals surface area (Å²) in [5.41, 5.74) is 1.30. The molecule has 0 radical (unpaired) electrons. The monoisotopic (exact) mass is 292 g/mol. The van der Waals surface area contributed by atoms with Gasteiger partial charge in [0.2, 0.25) is 5.91 Å². The van der Waals surface area contributed by atoms with Gasteiger partial charge in [0, 0.05) is 18.7 Å². The molecule has 0 aliphatic carbocycles. The third kappa shape index (κ3) is 7.46. The van der Waals surface area contributed by atoms with Crippen molar-refractivity contribution in [2.75, 3.05) is 12.4 Å². The Hall–Kier alpha value is -1.88. The van der Waals surface area contributed by atoms with Gasteiger partial charge in [-0.05, 0) is 45.5 Å². The molecule has 0 spiro atoms. The van der Waals surface area contributed by atoms with Gasteiger partial charge < -0.3 is 15.4 Å². The van der Waals surface area contributed by atoms with Gasteiger partial charge in [-0.3, -0.25) is 9.59 Å². The van der Waals surface area contributed by atoms with Gasteiger partial charge in [-0.15, -0.1) is 0 Å². The fraction of sp³-hybridized carbons (Fsp3) is 0.500. The lowest BCUT2D eigenvalue weighted by Crippen LogP contribution is -2.24. The van der Waals surface area contributed by atoms with Crippen LogP contribution < -0.4 is 10.6 Å². The fourth-order valence-electron chi connectivity index (χ4n) is 1.79. The van der Waals surface area contributed by atoms with Crippen molar-refractivity contribution in [2.24, 2.45) is 0 Å². The lowest BCUT2D eigenvalue weighted by atomic mass is 10.2. The van der Waals surface area contributed by atoms with Gasteiger partial charge in [-0.2, -0.15) is 0 Å². The molecule has 2 N–H and O–H groups in total. The molecule has 21 heavy (non-hydrogen) atoms. The first kappa shape index (κ1) is 17.2. The number of benzene rings is 1. The molecule has 116 valence electrons. The summed E-state index contributed by atoms with van der Waals surface area (Å²) >= 11 is 0. The van der Waals surface area contributed by atoms with Crippen LogP contribution in [-0.2, 0) is 20.9 Å². The zero-order valence-corrected chi connectivity index (χ0v) is 13.2. The number of carbonyl (C=O) groups is 2. The summed E-state index contributed by atoms with van der Waals surface area (Å²) in [4.78, 5) is 23.4. The van der Waals surface area contributed by atoms with Crippen LogP contribution in [0.3, 0.4) is 0 Å². The Kier molecular flexibility index (Phi) is 6.37. The van der Waals surface area contributed by atoms with E-state index < -0.39 is 5.60 Å². The molecule has 0 aromatic heterocycles. The summed E-state index contributed by atoms with van der Waals surface area (Å²) in [5, 5.41) is 5.84. The molecule has 1 amide bonds. The van der Waals surface area contributed by atoms with E-state index in [0.717, 1.165) is 17.8 Å². The number of rotatable bonds is 6. The second kappa shape index (κ2) is 7.78. The standard InChI is InChI=1S/C16H24N2O3/c1-16(2,3)21-15(20)9-8-14(19)18-13-7-5-6-12(10-13)11-17-4/h5-7,10,17H,8-9,11H2,1-4H3,(H,18,19). The number of amides is 1. The van der Waals surface area contributed by atoms with E-state index in [-0.39, 0.29) is 24.7 Å². The van der Waals surface area contributed by atoms with Gasteiger partial charge in [-0.1, -0.05) is 12.1 Å². The lowest BCUT2D eigenvalue weighted by Gasteiger charge is -2.19. The summed E-state index contributed by atoms with van der Waals surface area (Å²) in [5.74, 6) is -0.552. The van der Waals surface area contributed by atoms with Crippen molar-refractivity contribution >= 4 is 17.6 Å². The second-order valence-corrected chi connectivity index (χ2v) is 5.87. The van der Waals surface area contributed by atoms with Gasteiger partial charge >= 0.3 is 5.97 Å². The molecule has 5 heteroatoms. The van der Waals surface area contributed by atoms with Crippen molar-refractivity contribution in [1.82, 2.24) is 5.32 Å². The first-order valence-corrected chi connectivity index (χ1v) is 7.05. The highest BCUT2D eigenvalue weighted by molar-refractivity contribution is 5.92. The number of nitrogens with one attached hydrogen (secondary N) is 2. The SMILES string of the molecule is CNCc1cccc(NC(=O)CCC(=O)OC(C)(C)C)c1. The Morgan fingerprint density at radius 3 is 2.52 bits per heavy atom. The predicted molar refractivity (Wildman–Crippen MR) is 82.9 cm³/mol. The fourth-order valence-corrected chi connectivity index (χ4v) is 1.79. The molecule has 0 bridgehead atoms. The van der Waals surface area contributed by atoms with Crippen LogP contribution >= 0.6 is 0 Å². The molecule has 1 aromatic rings. The van der Waals surface area contributed by atoms with E-state index in [2.05, 4.69) is 10.6 Å². The zero-order valence-electron chi connectivity index (χ0n) is 13.2. The van der Waals surface area contributed by atoms with Gasteiger partial charge in [-0.25, -0.2) is 0 Å². The van der Waals surface area contributed by atoms with Crippen molar-refractivity contribution in [2.45, 2.75) is 45.8 Å². The van der Waals surface area contributed by atoms with Gasteiger partial charge in [0.25, 0.3) is 0 Å². The topological polar surface area (TPSA) is 67.4 Å². The average molecular weight is 292 g/mol. The van der Waals surface area contributed by atoms with E-state index in [1.54, 1.807) is 20.8 Å². The Labute approximate surface area is 126 Å². The van der Waals surface area contributed by atoms with Crippen LogP contribution in [0.4, 0.5) is 5.69 Å². The van der Waals surface area contributed by atoms with E-state index in [1.165, 1.54) is 0 Å². The molecule has 0 saturated carbocycles. The van der Waals surface area contributed by atoms with Crippen LogP contribution in [0.1, 0.15) is 39.2 Å². The first-order chi connectivity index (χ1) is 9.80. The molecule has 5 nitrogen and oxygen atoms in total. The Bertz CT molecular complexity index is 493. The zero-order chi connectivity index (χ0) is 15.9. The quantitative estimate of drug-likeness (QED) is 0.790. The van der Waals surface area contributed by atoms with Crippen molar-refractivity contribution in [3.63, 3.8) is 0 Å². The predicted octanol–water partition coefficient (Wildman–Crippen LogP) is 2.47. The van der Waals surface area contributed by atoms with Crippen molar-refractivity contribution < 1.29 is 14.3 Å². The third-order valence-electron chi connectivity index (χ3n) is 2.57. The van der Waals surface area contributed by atoms with Crippen molar-refractivity contribution in [3.8, 4) is 0 Å². The highest BCUT2D eigenvalue weighted by atomic mass is 16.6. The molecule has 0 aliphatic heterocycles. The first-order valence-electron chi connectivity index (χ1n) is 7.05. The molecule has 0 fully saturated rings. The van der Waals surface area contributed by atoms with Crippen LogP contribution in [0.25, 0.3) is 0 Å². The van der Waals surface area contributed by atoms with E-state index in [1.807, 2.05) is 31.3 Å². The smallest absolute Gasteiger partial charge is 0.306 e. The normalized spacial score (nSPS) is 11.0. The summed E-state index contributed by atoms with van der Waals surface area (Å²) in [6.45, 7) is 6.15. The molecule has 0 aliphatic rings. The number of hydrogen-bond donors (Lipinski definition) is 2. The number of hydrogen-bond acceptors (Lipinski definition) is 4. The molecule has 0 heterocycles. The minimum absolute atomic E-state index is 0.0826. The summed E-state index contributed by atoms with van der Waals surface area (Å²) in [6.07, 6.45) is 0.199. The minimum Gasteiger partial charge on any atom is -0.460 e. The second-order valence-electron chi connectivity index (χ2n) is 5.87. The van der Waals surface area contributed by atoms with Gasteiger partial charge in [0.15, 0.2) is 0 Å². The maximum absolute atomic E-state index is 11.8. The molecule has 1 aromatic carbocycles. The van der Waals surface area contributed by atoms with Crippen LogP contribution in [0, 0.1) is 0 Å². The van der Waals surface area contributed by atoms with Crippen LogP contribution in [0.15, 0.2) is 24.3 Å².